The monoisotopic (exact) mass is 566 g/mol. The fourth-order valence-electron chi connectivity index (χ4n) is 5.22. The molecule has 39 heavy (non-hydrogen) atoms. The lowest BCUT2D eigenvalue weighted by Crippen LogP contribution is -2.44. The van der Waals surface area contributed by atoms with Gasteiger partial charge >= 0.3 is 0 Å². The number of sulfonamides is 2. The van der Waals surface area contributed by atoms with Crippen molar-refractivity contribution in [3.05, 3.63) is 96.1 Å². The third kappa shape index (κ3) is 6.09. The Balaban J connectivity index is 1.60. The number of rotatable bonds is 7. The molecule has 2 heterocycles. The van der Waals surface area contributed by atoms with Gasteiger partial charge in [-0.3, -0.25) is 4.90 Å². The summed E-state index contributed by atoms with van der Waals surface area (Å²) in [6.45, 7) is 4.45. The predicted molar refractivity (Wildman–Crippen MR) is 152 cm³/mol. The second-order valence-electron chi connectivity index (χ2n) is 10.0. The minimum absolute atomic E-state index is 0.119. The van der Waals surface area contributed by atoms with Gasteiger partial charge in [-0.05, 0) is 62.7 Å². The van der Waals surface area contributed by atoms with E-state index in [4.69, 9.17) is 0 Å². The number of benzene rings is 3. The van der Waals surface area contributed by atoms with Gasteiger partial charge in [0, 0.05) is 13.1 Å². The van der Waals surface area contributed by atoms with Gasteiger partial charge < -0.3 is 4.90 Å². The minimum Gasteiger partial charge on any atom is -0.336 e. The molecule has 0 N–H and O–H groups in total. The largest absolute Gasteiger partial charge is 0.336 e. The van der Waals surface area contributed by atoms with Crippen LogP contribution in [0, 0.1) is 6.92 Å². The van der Waals surface area contributed by atoms with E-state index in [1.54, 1.807) is 54.6 Å². The second-order valence-corrected chi connectivity index (χ2v) is 13.5. The zero-order valence-corrected chi connectivity index (χ0v) is 23.7. The zero-order chi connectivity index (χ0) is 27.5. The second kappa shape index (κ2) is 11.6. The minimum atomic E-state index is -4.02. The van der Waals surface area contributed by atoms with E-state index in [0.29, 0.717) is 18.9 Å². The first kappa shape index (κ1) is 27.5. The standard InChI is InChI=1S/C29H34N4O4S2/c1-24-15-17-26(18-16-24)38(34,35)30-28(23-31-19-9-4-10-20-31)32-21-22-33(29(32)25-11-5-2-6-12-25)39(36,37)27-13-7-3-8-14-27/h2-3,5-8,11-18,29H,4,9-10,19-23H2,1H3/b30-28-. The van der Waals surface area contributed by atoms with Crippen molar-refractivity contribution in [2.75, 3.05) is 32.7 Å². The Bertz CT molecular complexity index is 1500. The highest BCUT2D eigenvalue weighted by molar-refractivity contribution is 7.90. The number of piperidine rings is 1. The number of nitrogens with zero attached hydrogens (tertiary/aromatic N) is 4. The van der Waals surface area contributed by atoms with Gasteiger partial charge in [0.2, 0.25) is 10.0 Å². The van der Waals surface area contributed by atoms with Crippen molar-refractivity contribution in [2.45, 2.75) is 42.1 Å². The lowest BCUT2D eigenvalue weighted by Gasteiger charge is -2.35. The van der Waals surface area contributed by atoms with E-state index in [0.717, 1.165) is 43.5 Å². The van der Waals surface area contributed by atoms with Crippen molar-refractivity contribution in [3.63, 3.8) is 0 Å². The van der Waals surface area contributed by atoms with E-state index in [2.05, 4.69) is 9.30 Å². The molecule has 0 spiro atoms. The topological polar surface area (TPSA) is 90.4 Å². The molecule has 2 aliphatic heterocycles. The van der Waals surface area contributed by atoms with E-state index < -0.39 is 26.2 Å². The van der Waals surface area contributed by atoms with Gasteiger partial charge in [-0.2, -0.15) is 12.7 Å². The van der Waals surface area contributed by atoms with Gasteiger partial charge in [0.1, 0.15) is 12.0 Å². The van der Waals surface area contributed by atoms with Gasteiger partial charge in [-0.25, -0.2) is 8.42 Å². The van der Waals surface area contributed by atoms with E-state index in [-0.39, 0.29) is 16.3 Å². The van der Waals surface area contributed by atoms with E-state index >= 15 is 0 Å². The molecule has 5 rings (SSSR count). The van der Waals surface area contributed by atoms with Gasteiger partial charge in [0.25, 0.3) is 10.0 Å². The molecular formula is C29H34N4O4S2. The molecule has 2 saturated heterocycles. The highest BCUT2D eigenvalue weighted by Crippen LogP contribution is 2.36. The van der Waals surface area contributed by atoms with Crippen LogP contribution < -0.4 is 0 Å². The van der Waals surface area contributed by atoms with Gasteiger partial charge in [0.05, 0.1) is 16.3 Å². The lowest BCUT2D eigenvalue weighted by atomic mass is 10.1. The van der Waals surface area contributed by atoms with Gasteiger partial charge in [0.15, 0.2) is 0 Å². The van der Waals surface area contributed by atoms with Crippen LogP contribution in [0.4, 0.5) is 0 Å². The number of aryl methyl sites for hydroxylation is 1. The maximum atomic E-state index is 13.8. The molecule has 1 unspecified atom stereocenters. The number of amidine groups is 1. The normalized spacial score (nSPS) is 19.9. The summed E-state index contributed by atoms with van der Waals surface area (Å²) < 4.78 is 60.6. The van der Waals surface area contributed by atoms with Crippen molar-refractivity contribution >= 4 is 25.9 Å². The highest BCUT2D eigenvalue weighted by Gasteiger charge is 2.43. The first-order chi connectivity index (χ1) is 18.8. The van der Waals surface area contributed by atoms with Crippen molar-refractivity contribution < 1.29 is 16.8 Å². The van der Waals surface area contributed by atoms with Crippen molar-refractivity contribution in [3.8, 4) is 0 Å². The van der Waals surface area contributed by atoms with Crippen LogP contribution in [0.25, 0.3) is 0 Å². The molecule has 206 valence electrons. The summed E-state index contributed by atoms with van der Waals surface area (Å²) in [6, 6.07) is 24.4. The molecule has 1 atom stereocenters. The summed E-state index contributed by atoms with van der Waals surface area (Å²) in [5.74, 6) is 0.358. The molecule has 0 bridgehead atoms. The lowest BCUT2D eigenvalue weighted by molar-refractivity contribution is 0.235. The summed E-state index contributed by atoms with van der Waals surface area (Å²) in [4.78, 5) is 4.39. The van der Waals surface area contributed by atoms with Crippen LogP contribution in [0.1, 0.15) is 36.6 Å². The Kier molecular flexibility index (Phi) is 8.18. The summed E-state index contributed by atoms with van der Waals surface area (Å²) in [6.07, 6.45) is 2.49. The van der Waals surface area contributed by atoms with Crippen LogP contribution in [0.3, 0.4) is 0 Å². The van der Waals surface area contributed by atoms with Gasteiger partial charge in [-0.15, -0.1) is 4.40 Å². The SMILES string of the molecule is Cc1ccc(S(=O)(=O)/N=C(/CN2CCCCC2)N2CCN(S(=O)(=O)c3ccccc3)C2c2ccccc2)cc1. The third-order valence-corrected chi connectivity index (χ3v) is 10.5. The van der Waals surface area contributed by atoms with Crippen LogP contribution >= 0.6 is 0 Å². The highest BCUT2D eigenvalue weighted by atomic mass is 32.2. The molecule has 3 aromatic rings. The summed E-state index contributed by atoms with van der Waals surface area (Å²) >= 11 is 0. The van der Waals surface area contributed by atoms with Crippen molar-refractivity contribution in [1.82, 2.24) is 14.1 Å². The molecule has 2 aliphatic rings. The van der Waals surface area contributed by atoms with Crippen LogP contribution in [-0.4, -0.2) is 69.5 Å². The van der Waals surface area contributed by atoms with Crippen molar-refractivity contribution in [2.24, 2.45) is 4.40 Å². The average molecular weight is 567 g/mol. The molecule has 0 aliphatic carbocycles. The maximum absolute atomic E-state index is 13.8. The quantitative estimate of drug-likeness (QED) is 0.313. The summed E-state index contributed by atoms with van der Waals surface area (Å²) in [5, 5.41) is 0. The Hall–Kier alpha value is -3.05. The molecule has 3 aromatic carbocycles. The smallest absolute Gasteiger partial charge is 0.283 e. The molecule has 0 radical (unpaired) electrons. The molecule has 0 aromatic heterocycles. The van der Waals surface area contributed by atoms with E-state index in [1.807, 2.05) is 42.2 Å². The maximum Gasteiger partial charge on any atom is 0.283 e. The average Bonchev–Trinajstić information content (AvgIpc) is 3.41. The number of hydrogen-bond donors (Lipinski definition) is 0. The number of likely N-dealkylation sites (tertiary alicyclic amines) is 1. The van der Waals surface area contributed by atoms with Crippen LogP contribution in [0.2, 0.25) is 0 Å². The predicted octanol–water partition coefficient (Wildman–Crippen LogP) is 4.27. The molecule has 2 fully saturated rings. The molecule has 8 nitrogen and oxygen atoms in total. The van der Waals surface area contributed by atoms with Crippen LogP contribution in [0.5, 0.6) is 0 Å². The molecule has 10 heteroatoms. The number of hydrogen-bond acceptors (Lipinski definition) is 5. The Labute approximate surface area is 231 Å². The Morgan fingerprint density at radius 3 is 2.00 bits per heavy atom. The summed E-state index contributed by atoms with van der Waals surface area (Å²) in [7, 11) is -7.89. The third-order valence-electron chi connectivity index (χ3n) is 7.27. The Morgan fingerprint density at radius 2 is 1.36 bits per heavy atom. The molecule has 0 amide bonds. The molecule has 0 saturated carbocycles. The fourth-order valence-corrected chi connectivity index (χ4v) is 7.84. The van der Waals surface area contributed by atoms with E-state index in [1.165, 1.54) is 4.31 Å². The van der Waals surface area contributed by atoms with Crippen molar-refractivity contribution in [1.29, 1.82) is 0 Å². The first-order valence-corrected chi connectivity index (χ1v) is 16.1. The zero-order valence-electron chi connectivity index (χ0n) is 22.1. The van der Waals surface area contributed by atoms with Crippen LogP contribution in [-0.2, 0) is 20.0 Å². The van der Waals surface area contributed by atoms with E-state index in [9.17, 15) is 16.8 Å². The summed E-state index contributed by atoms with van der Waals surface area (Å²) in [5.41, 5.74) is 1.71. The van der Waals surface area contributed by atoms with Crippen LogP contribution in [0.15, 0.2) is 99.1 Å². The first-order valence-electron chi connectivity index (χ1n) is 13.3. The molecular weight excluding hydrogens is 532 g/mol. The van der Waals surface area contributed by atoms with Gasteiger partial charge in [-0.1, -0.05) is 72.6 Å². The fraction of sp³-hybridized carbons (Fsp3) is 0.345. The Morgan fingerprint density at radius 1 is 0.744 bits per heavy atom.